The van der Waals surface area contributed by atoms with Crippen molar-refractivity contribution in [3.05, 3.63) is 24.2 Å². The fourth-order valence-corrected chi connectivity index (χ4v) is 4.01. The van der Waals surface area contributed by atoms with Gasteiger partial charge in [-0.3, -0.25) is 9.89 Å². The summed E-state index contributed by atoms with van der Waals surface area (Å²) >= 11 is 0. The van der Waals surface area contributed by atoms with E-state index in [0.717, 1.165) is 57.5 Å². The fraction of sp³-hybridized carbons (Fsp3) is 0.750. The van der Waals surface area contributed by atoms with Gasteiger partial charge in [0.15, 0.2) is 5.96 Å². The van der Waals surface area contributed by atoms with E-state index in [1.165, 1.54) is 32.4 Å². The molecular formula is C20H37IN6O. The summed E-state index contributed by atoms with van der Waals surface area (Å²) in [6.45, 7) is 9.77. The number of nitrogens with zero attached hydrogens (tertiary/aromatic N) is 4. The molecule has 2 N–H and O–H groups in total. The molecule has 0 spiro atoms. The molecule has 1 aromatic heterocycles. The minimum absolute atomic E-state index is 0. The lowest BCUT2D eigenvalue weighted by Crippen LogP contribution is -2.45. The normalized spacial score (nSPS) is 21.1. The van der Waals surface area contributed by atoms with Crippen LogP contribution in [0.3, 0.4) is 0 Å². The van der Waals surface area contributed by atoms with E-state index in [1.54, 1.807) is 6.26 Å². The second-order valence-electron chi connectivity index (χ2n) is 7.65. The number of aliphatic imine (C=N–C) groups is 1. The Labute approximate surface area is 186 Å². The molecule has 1 unspecified atom stereocenters. The summed E-state index contributed by atoms with van der Waals surface area (Å²) in [5, 5.41) is 6.98. The van der Waals surface area contributed by atoms with Crippen molar-refractivity contribution in [3.63, 3.8) is 0 Å². The molecule has 1 atom stereocenters. The fourth-order valence-electron chi connectivity index (χ4n) is 4.01. The molecule has 7 nitrogen and oxygen atoms in total. The molecule has 0 radical (unpaired) electrons. The Kier molecular flexibility index (Phi) is 10.6. The van der Waals surface area contributed by atoms with Gasteiger partial charge in [0.05, 0.1) is 12.3 Å². The molecule has 0 aliphatic carbocycles. The molecule has 0 aromatic carbocycles. The second-order valence-corrected chi connectivity index (χ2v) is 7.65. The van der Waals surface area contributed by atoms with E-state index in [9.17, 15) is 0 Å². The molecular weight excluding hydrogens is 467 g/mol. The van der Waals surface area contributed by atoms with Crippen molar-refractivity contribution in [2.45, 2.75) is 25.3 Å². The van der Waals surface area contributed by atoms with Gasteiger partial charge in [0, 0.05) is 39.8 Å². The lowest BCUT2D eigenvalue weighted by atomic mass is 10.2. The van der Waals surface area contributed by atoms with E-state index < -0.39 is 0 Å². The molecule has 8 heteroatoms. The van der Waals surface area contributed by atoms with Crippen molar-refractivity contribution in [3.8, 4) is 0 Å². The molecule has 3 rings (SSSR count). The molecule has 0 bridgehead atoms. The predicted molar refractivity (Wildman–Crippen MR) is 126 cm³/mol. The SMILES string of the molecule is CN=C(NCCN1CCCN(C)CC1)NCC(c1ccco1)N1CCCC1.I. The largest absolute Gasteiger partial charge is 0.468 e. The highest BCUT2D eigenvalue weighted by Gasteiger charge is 2.25. The van der Waals surface area contributed by atoms with Crippen LogP contribution in [0.25, 0.3) is 0 Å². The van der Waals surface area contributed by atoms with Crippen LogP contribution in [0.5, 0.6) is 0 Å². The third-order valence-corrected chi connectivity index (χ3v) is 5.67. The van der Waals surface area contributed by atoms with E-state index in [0.29, 0.717) is 0 Å². The van der Waals surface area contributed by atoms with Crippen molar-refractivity contribution in [1.82, 2.24) is 25.3 Å². The average Bonchev–Trinajstić information content (AvgIpc) is 3.35. The van der Waals surface area contributed by atoms with Gasteiger partial charge in [-0.25, -0.2) is 0 Å². The first-order valence-electron chi connectivity index (χ1n) is 10.4. The number of hydrogen-bond donors (Lipinski definition) is 2. The minimum Gasteiger partial charge on any atom is -0.468 e. The number of likely N-dealkylation sites (N-methyl/N-ethyl adjacent to an activating group) is 1. The number of rotatable bonds is 7. The quantitative estimate of drug-likeness (QED) is 0.336. The molecule has 2 fully saturated rings. The summed E-state index contributed by atoms with van der Waals surface area (Å²) < 4.78 is 5.70. The highest BCUT2D eigenvalue weighted by Crippen LogP contribution is 2.24. The standard InChI is InChI=1S/C20H36N6O.HI/c1-21-20(22-8-13-25-10-6-9-24(2)14-15-25)23-17-18(19-7-5-16-27-19)26-11-3-4-12-26;/h5,7,16,18H,3-4,6,8-15,17H2,1-2H3,(H2,21,22,23);1H. The van der Waals surface area contributed by atoms with Gasteiger partial charge < -0.3 is 24.9 Å². The molecule has 160 valence electrons. The zero-order valence-electron chi connectivity index (χ0n) is 17.4. The van der Waals surface area contributed by atoms with E-state index in [-0.39, 0.29) is 30.0 Å². The number of nitrogens with one attached hydrogen (secondary N) is 2. The number of guanidine groups is 1. The number of halogens is 1. The number of furan rings is 1. The van der Waals surface area contributed by atoms with Crippen molar-refractivity contribution in [2.75, 3.05) is 73.0 Å². The first-order valence-corrected chi connectivity index (χ1v) is 10.4. The molecule has 28 heavy (non-hydrogen) atoms. The molecule has 0 saturated carbocycles. The monoisotopic (exact) mass is 504 g/mol. The Hall–Kier alpha value is -0.840. The predicted octanol–water partition coefficient (Wildman–Crippen LogP) is 1.84. The van der Waals surface area contributed by atoms with Crippen molar-refractivity contribution in [1.29, 1.82) is 0 Å². The lowest BCUT2D eigenvalue weighted by Gasteiger charge is -2.27. The van der Waals surface area contributed by atoms with Crippen LogP contribution >= 0.6 is 24.0 Å². The van der Waals surface area contributed by atoms with Gasteiger partial charge in [0.1, 0.15) is 5.76 Å². The van der Waals surface area contributed by atoms with Gasteiger partial charge in [0.2, 0.25) is 0 Å². The Bertz CT molecular complexity index is 561. The van der Waals surface area contributed by atoms with Crippen LogP contribution in [-0.2, 0) is 0 Å². The van der Waals surface area contributed by atoms with E-state index in [2.05, 4.69) is 43.4 Å². The van der Waals surface area contributed by atoms with Crippen LogP contribution in [0.4, 0.5) is 0 Å². The zero-order chi connectivity index (χ0) is 18.9. The van der Waals surface area contributed by atoms with Gasteiger partial charge in [0.25, 0.3) is 0 Å². The van der Waals surface area contributed by atoms with Gasteiger partial charge >= 0.3 is 0 Å². The Morgan fingerprint density at radius 1 is 1.11 bits per heavy atom. The third kappa shape index (κ3) is 7.20. The first kappa shape index (κ1) is 23.4. The highest BCUT2D eigenvalue weighted by molar-refractivity contribution is 14.0. The van der Waals surface area contributed by atoms with Gasteiger partial charge in [-0.1, -0.05) is 0 Å². The van der Waals surface area contributed by atoms with Crippen LogP contribution < -0.4 is 10.6 Å². The van der Waals surface area contributed by atoms with Crippen molar-refractivity contribution in [2.24, 2.45) is 4.99 Å². The number of hydrogen-bond acceptors (Lipinski definition) is 5. The smallest absolute Gasteiger partial charge is 0.191 e. The molecule has 3 heterocycles. The highest BCUT2D eigenvalue weighted by atomic mass is 127. The van der Waals surface area contributed by atoms with Crippen LogP contribution in [0, 0.1) is 0 Å². The van der Waals surface area contributed by atoms with E-state index in [1.807, 2.05) is 13.1 Å². The van der Waals surface area contributed by atoms with Crippen LogP contribution in [0.15, 0.2) is 27.8 Å². The third-order valence-electron chi connectivity index (χ3n) is 5.67. The molecule has 1 aromatic rings. The number of likely N-dealkylation sites (tertiary alicyclic amines) is 1. The summed E-state index contributed by atoms with van der Waals surface area (Å²) in [5.74, 6) is 1.91. The van der Waals surface area contributed by atoms with Crippen molar-refractivity contribution < 1.29 is 4.42 Å². The maximum Gasteiger partial charge on any atom is 0.191 e. The summed E-state index contributed by atoms with van der Waals surface area (Å²) in [6, 6.07) is 4.32. The van der Waals surface area contributed by atoms with E-state index >= 15 is 0 Å². The Morgan fingerprint density at radius 2 is 1.93 bits per heavy atom. The topological polar surface area (TPSA) is 59.3 Å². The molecule has 2 saturated heterocycles. The van der Waals surface area contributed by atoms with Gasteiger partial charge in [-0.05, 0) is 64.6 Å². The summed E-state index contributed by atoms with van der Waals surface area (Å²) in [4.78, 5) is 11.9. The van der Waals surface area contributed by atoms with Crippen LogP contribution in [-0.4, -0.2) is 93.7 Å². The van der Waals surface area contributed by atoms with Gasteiger partial charge in [-0.15, -0.1) is 24.0 Å². The summed E-state index contributed by atoms with van der Waals surface area (Å²) in [7, 11) is 4.05. The van der Waals surface area contributed by atoms with Crippen molar-refractivity contribution >= 4 is 29.9 Å². The maximum absolute atomic E-state index is 5.70. The second kappa shape index (κ2) is 12.7. The van der Waals surface area contributed by atoms with Crippen LogP contribution in [0.2, 0.25) is 0 Å². The van der Waals surface area contributed by atoms with Crippen LogP contribution in [0.1, 0.15) is 31.1 Å². The summed E-state index contributed by atoms with van der Waals surface area (Å²) in [5.41, 5.74) is 0. The Balaban J connectivity index is 0.00000280. The zero-order valence-corrected chi connectivity index (χ0v) is 19.7. The van der Waals surface area contributed by atoms with E-state index in [4.69, 9.17) is 4.42 Å². The summed E-state index contributed by atoms with van der Waals surface area (Å²) in [6.07, 6.45) is 5.57. The molecule has 2 aliphatic heterocycles. The lowest BCUT2D eigenvalue weighted by molar-refractivity contribution is 0.215. The Morgan fingerprint density at radius 3 is 2.64 bits per heavy atom. The first-order chi connectivity index (χ1) is 13.3. The molecule has 2 aliphatic rings. The average molecular weight is 504 g/mol. The van der Waals surface area contributed by atoms with Gasteiger partial charge in [-0.2, -0.15) is 0 Å². The molecule has 0 amide bonds. The minimum atomic E-state index is 0. The maximum atomic E-state index is 5.70.